The van der Waals surface area contributed by atoms with Gasteiger partial charge in [0, 0.05) is 78.3 Å². The van der Waals surface area contributed by atoms with Crippen molar-refractivity contribution in [3.63, 3.8) is 0 Å². The van der Waals surface area contributed by atoms with Gasteiger partial charge in [0.25, 0.3) is 0 Å². The second-order valence-electron chi connectivity index (χ2n) is 16.7. The molecule has 1 aromatic heterocycles. The van der Waals surface area contributed by atoms with Crippen LogP contribution in [0.5, 0.6) is 11.5 Å². The van der Waals surface area contributed by atoms with Crippen LogP contribution in [-0.2, 0) is 12.8 Å². The SMILES string of the molecule is CC[C@H]1Cc2cc(O)c(O[C@@H]3C[C@H](Cc4ccc[nH]4)C4=CCNC(N)=C4CSSC[C@H](CO)[C@H]3O)cc2[C@H]2C[C@@H](O)[C@@H]3[C@@H](C#C[C@H](CCO)CCCC[C@@H]3O)C=C12. The molecule has 11 atom stereocenters. The highest BCUT2D eigenvalue weighted by Gasteiger charge is 2.43. The van der Waals surface area contributed by atoms with Crippen LogP contribution in [0.25, 0.3) is 0 Å². The van der Waals surface area contributed by atoms with Crippen LogP contribution in [0, 0.1) is 47.3 Å². The Morgan fingerprint density at radius 2 is 1.86 bits per heavy atom. The van der Waals surface area contributed by atoms with Crippen molar-refractivity contribution in [1.82, 2.24) is 10.3 Å². The van der Waals surface area contributed by atoms with E-state index in [0.717, 1.165) is 53.7 Å². The summed E-state index contributed by atoms with van der Waals surface area (Å²) in [6.07, 6.45) is 9.91. The molecule has 0 saturated carbocycles. The summed E-state index contributed by atoms with van der Waals surface area (Å²) in [5.41, 5.74) is 13.0. The number of allylic oxidation sites excluding steroid dienone is 3. The minimum atomic E-state index is -1.03. The summed E-state index contributed by atoms with van der Waals surface area (Å²) in [6.45, 7) is 2.63. The Morgan fingerprint density at radius 3 is 2.63 bits per heavy atom. The van der Waals surface area contributed by atoms with E-state index in [4.69, 9.17) is 10.5 Å². The molecule has 1 fully saturated rings. The number of aromatic nitrogens is 1. The maximum Gasteiger partial charge on any atom is 0.161 e. The summed E-state index contributed by atoms with van der Waals surface area (Å²) in [5.74, 6) is 7.77. The predicted molar refractivity (Wildman–Crippen MR) is 227 cm³/mol. The van der Waals surface area contributed by atoms with Gasteiger partial charge in [-0.05, 0) is 104 Å². The average molecular weight is 820 g/mol. The van der Waals surface area contributed by atoms with Crippen molar-refractivity contribution in [2.45, 2.75) is 101 Å². The second kappa shape index (κ2) is 19.4. The summed E-state index contributed by atoms with van der Waals surface area (Å²) in [7, 11) is 3.26. The fraction of sp³-hybridized carbons (Fsp3) is 0.600. The van der Waals surface area contributed by atoms with Crippen LogP contribution in [0.1, 0.15) is 81.0 Å². The van der Waals surface area contributed by atoms with Gasteiger partial charge in [0.15, 0.2) is 11.5 Å². The van der Waals surface area contributed by atoms with Gasteiger partial charge >= 0.3 is 0 Å². The molecule has 0 unspecified atom stereocenters. The van der Waals surface area contributed by atoms with Crippen LogP contribution < -0.4 is 15.8 Å². The van der Waals surface area contributed by atoms with Crippen molar-refractivity contribution < 1.29 is 35.4 Å². The van der Waals surface area contributed by atoms with Crippen molar-refractivity contribution in [3.8, 4) is 23.3 Å². The largest absolute Gasteiger partial charge is 0.504 e. The topological polar surface area (TPSA) is 184 Å². The molecule has 0 radical (unpaired) electrons. The number of phenols is 1. The number of hydrogen-bond acceptors (Lipinski definition) is 11. The van der Waals surface area contributed by atoms with E-state index in [-0.39, 0.29) is 54.3 Å². The fourth-order valence-electron chi connectivity index (χ4n) is 9.96. The van der Waals surface area contributed by atoms with Gasteiger partial charge in [-0.1, -0.05) is 70.9 Å². The predicted octanol–water partition coefficient (Wildman–Crippen LogP) is 5.31. The minimum Gasteiger partial charge on any atom is -0.504 e. The zero-order valence-corrected chi connectivity index (χ0v) is 34.6. The number of dihydropyridines is 1. The molecule has 7 rings (SSSR count). The summed E-state index contributed by atoms with van der Waals surface area (Å²) in [6, 6.07) is 7.74. The first-order valence-electron chi connectivity index (χ1n) is 21.0. The summed E-state index contributed by atoms with van der Waals surface area (Å²) in [5, 5.41) is 70.9. The molecule has 2 aliphatic heterocycles. The number of fused-ring (bicyclic) bond motifs is 5. The normalized spacial score (nSPS) is 33.5. The van der Waals surface area contributed by atoms with Gasteiger partial charge in [0.05, 0.1) is 18.3 Å². The maximum atomic E-state index is 12.1. The summed E-state index contributed by atoms with van der Waals surface area (Å²) >= 11 is 0. The van der Waals surface area contributed by atoms with Crippen LogP contribution in [0.4, 0.5) is 0 Å². The quantitative estimate of drug-likeness (QED) is 0.0957. The van der Waals surface area contributed by atoms with Gasteiger partial charge in [-0.2, -0.15) is 0 Å². The molecule has 1 aromatic carbocycles. The van der Waals surface area contributed by atoms with Crippen molar-refractivity contribution in [3.05, 3.63) is 82.0 Å². The summed E-state index contributed by atoms with van der Waals surface area (Å²) < 4.78 is 6.83. The Morgan fingerprint density at radius 1 is 1.02 bits per heavy atom. The second-order valence-corrected chi connectivity index (χ2v) is 19.2. The number of ether oxygens (including phenoxy) is 1. The monoisotopic (exact) mass is 819 g/mol. The highest BCUT2D eigenvalue weighted by molar-refractivity contribution is 8.76. The molecule has 0 amide bonds. The van der Waals surface area contributed by atoms with Crippen molar-refractivity contribution in [1.29, 1.82) is 0 Å². The number of nitrogens with two attached hydrogens (primary N) is 1. The molecule has 310 valence electrons. The average Bonchev–Trinajstić information content (AvgIpc) is 3.66. The van der Waals surface area contributed by atoms with E-state index >= 15 is 0 Å². The van der Waals surface area contributed by atoms with Crippen LogP contribution in [0.2, 0.25) is 0 Å². The van der Waals surface area contributed by atoms with E-state index in [1.807, 2.05) is 18.3 Å². The molecule has 1 saturated heterocycles. The van der Waals surface area contributed by atoms with E-state index in [1.54, 1.807) is 27.7 Å². The number of phenolic OH excluding ortho intramolecular Hbond substituents is 1. The van der Waals surface area contributed by atoms with E-state index in [1.165, 1.54) is 5.57 Å². The molecule has 10 nitrogen and oxygen atoms in total. The number of aliphatic hydroxyl groups excluding tert-OH is 5. The first kappa shape index (κ1) is 42.1. The third-order valence-corrected chi connectivity index (χ3v) is 15.5. The van der Waals surface area contributed by atoms with Gasteiger partial charge in [0.2, 0.25) is 0 Å². The van der Waals surface area contributed by atoms with Crippen molar-refractivity contribution in [2.75, 3.05) is 31.3 Å². The molecule has 5 aliphatic rings. The summed E-state index contributed by atoms with van der Waals surface area (Å²) in [4.78, 5) is 3.35. The molecule has 12 heteroatoms. The lowest BCUT2D eigenvalue weighted by Gasteiger charge is -2.36. The van der Waals surface area contributed by atoms with Crippen LogP contribution in [-0.4, -0.2) is 91.3 Å². The zero-order valence-electron chi connectivity index (χ0n) is 33.0. The minimum absolute atomic E-state index is 0.00520. The molecule has 3 heterocycles. The molecule has 0 spiro atoms. The Labute approximate surface area is 345 Å². The lowest BCUT2D eigenvalue weighted by molar-refractivity contribution is -0.0214. The number of hydrogen-bond donors (Lipinski definition) is 9. The third-order valence-electron chi connectivity index (χ3n) is 13.1. The van der Waals surface area contributed by atoms with Crippen molar-refractivity contribution >= 4 is 21.6 Å². The van der Waals surface area contributed by atoms with Crippen LogP contribution in [0.3, 0.4) is 0 Å². The molecule has 0 bridgehead atoms. The van der Waals surface area contributed by atoms with Crippen LogP contribution in [0.15, 0.2) is 65.2 Å². The van der Waals surface area contributed by atoms with Crippen LogP contribution >= 0.6 is 21.6 Å². The van der Waals surface area contributed by atoms with Gasteiger partial charge in [-0.25, -0.2) is 0 Å². The van der Waals surface area contributed by atoms with Gasteiger partial charge in [-0.3, -0.25) is 0 Å². The maximum absolute atomic E-state index is 12.1. The Kier molecular flexibility index (Phi) is 14.3. The number of benzene rings is 1. The number of H-pyrrole nitrogens is 1. The van der Waals surface area contributed by atoms with Gasteiger partial charge in [0.1, 0.15) is 11.9 Å². The Hall–Kier alpha value is -3.02. The Bertz CT molecular complexity index is 1840. The molecule has 57 heavy (non-hydrogen) atoms. The van der Waals surface area contributed by atoms with E-state index < -0.39 is 36.3 Å². The van der Waals surface area contributed by atoms with E-state index in [2.05, 4.69) is 47.3 Å². The Balaban J connectivity index is 1.27. The molecule has 3 aliphatic carbocycles. The molecular weight excluding hydrogens is 759 g/mol. The molecule has 10 N–H and O–H groups in total. The number of rotatable bonds is 8. The fourth-order valence-corrected chi connectivity index (χ4v) is 12.5. The van der Waals surface area contributed by atoms with Gasteiger partial charge in [-0.15, -0.1) is 0 Å². The third kappa shape index (κ3) is 9.57. The first-order chi connectivity index (χ1) is 27.7. The lowest BCUT2D eigenvalue weighted by atomic mass is 9.70. The highest BCUT2D eigenvalue weighted by Crippen LogP contribution is 2.51. The number of aliphatic hydroxyl groups is 5. The first-order valence-corrected chi connectivity index (χ1v) is 23.5. The molecule has 2 aromatic rings. The zero-order chi connectivity index (χ0) is 40.1. The highest BCUT2D eigenvalue weighted by atomic mass is 33.1. The standard InChI is InChI=1S/C45H61N3O7S2/c1-2-27-16-29-19-39(52)41(22-35(29)36-21-40(53)43-28(18-34(27)36)10-9-26(12-15-49)6-3-4-8-38(43)51)55-42-20-30(17-32-7-5-13-47-32)33-11-14-48-45(46)37(33)25-57-56-24-31(23-50)44(42)54/h5,7,11,13,18-19,22,26-28,30-31,36,38,40,42-44,47-54H,2-4,6,8,12,14-17,20-21,23-25,46H2,1H3/t26-,27+,28+,30+,31+,36+,38+,40-,42-,43-,44-/m1/s1. The van der Waals surface area contributed by atoms with E-state index in [9.17, 15) is 30.6 Å². The number of aromatic amines is 1. The number of aromatic hydroxyl groups is 1. The lowest BCUT2D eigenvalue weighted by Crippen LogP contribution is -2.42. The smallest absolute Gasteiger partial charge is 0.161 e. The van der Waals surface area contributed by atoms with E-state index in [0.29, 0.717) is 62.4 Å². The van der Waals surface area contributed by atoms with Gasteiger partial charge < -0.3 is 51.4 Å². The number of nitrogens with one attached hydrogen (secondary N) is 2. The molecular formula is C45H61N3O7S2. The van der Waals surface area contributed by atoms with Crippen molar-refractivity contribution in [2.24, 2.45) is 41.2 Å².